The van der Waals surface area contributed by atoms with Gasteiger partial charge in [0.15, 0.2) is 0 Å². The van der Waals surface area contributed by atoms with Gasteiger partial charge in [-0.2, -0.15) is 0 Å². The van der Waals surface area contributed by atoms with E-state index in [0.29, 0.717) is 11.8 Å². The van der Waals surface area contributed by atoms with Crippen LogP contribution in [-0.4, -0.2) is 25.0 Å². The Morgan fingerprint density at radius 1 is 1.13 bits per heavy atom. The lowest BCUT2D eigenvalue weighted by molar-refractivity contribution is 0.262. The monoisotopic (exact) mass is 316 g/mol. The molecule has 2 aromatic rings. The summed E-state index contributed by atoms with van der Waals surface area (Å²) in [6.07, 6.45) is 0. The normalized spacial score (nSPS) is 13.2. The van der Waals surface area contributed by atoms with E-state index < -0.39 is 17.7 Å². The Balaban J connectivity index is 1.69. The maximum absolute atomic E-state index is 13.5. The highest BCUT2D eigenvalue weighted by molar-refractivity contribution is 6.03. The lowest BCUT2D eigenvalue weighted by atomic mass is 10.2. The molecule has 2 amide bonds. The molecule has 0 saturated heterocycles. The number of anilines is 2. The van der Waals surface area contributed by atoms with Crippen LogP contribution in [0.25, 0.3) is 0 Å². The van der Waals surface area contributed by atoms with E-state index in [-0.39, 0.29) is 5.69 Å². The van der Waals surface area contributed by atoms with E-state index in [1.807, 2.05) is 6.07 Å². The quantitative estimate of drug-likeness (QED) is 0.815. The minimum atomic E-state index is -0.835. The number of hydrogen-bond acceptors (Lipinski definition) is 3. The van der Waals surface area contributed by atoms with Crippen molar-refractivity contribution in [1.82, 2.24) is 5.32 Å². The molecule has 0 aromatic heterocycles. The molecule has 3 N–H and O–H groups in total. The molecule has 0 radical (unpaired) electrons. The molecule has 0 aliphatic carbocycles. The molecule has 1 aliphatic heterocycles. The highest BCUT2D eigenvalue weighted by Gasteiger charge is 2.11. The van der Waals surface area contributed by atoms with E-state index in [4.69, 9.17) is 0 Å². The van der Waals surface area contributed by atoms with Crippen LogP contribution in [0, 0.1) is 11.6 Å². The Labute approximate surface area is 131 Å². The fourth-order valence-corrected chi connectivity index (χ4v) is 2.21. The maximum atomic E-state index is 13.5. The molecule has 23 heavy (non-hydrogen) atoms. The number of rotatable bonds is 3. The summed E-state index contributed by atoms with van der Waals surface area (Å²) in [6, 6.07) is 9.46. The van der Waals surface area contributed by atoms with Gasteiger partial charge in [-0.3, -0.25) is 4.99 Å². The third-order valence-corrected chi connectivity index (χ3v) is 3.25. The van der Waals surface area contributed by atoms with Crippen LogP contribution in [0.4, 0.5) is 25.0 Å². The fraction of sp³-hybridized carbons (Fsp3) is 0.125. The molecule has 5 nitrogen and oxygen atoms in total. The lowest BCUT2D eigenvalue weighted by Gasteiger charge is -2.10. The van der Waals surface area contributed by atoms with E-state index in [2.05, 4.69) is 20.9 Å². The number of nitrogens with one attached hydrogen (secondary N) is 3. The molecule has 2 aromatic carbocycles. The molecule has 0 saturated carbocycles. The number of halogens is 2. The minimum absolute atomic E-state index is 0.0955. The molecule has 7 heteroatoms. The first-order valence-electron chi connectivity index (χ1n) is 7.03. The second-order valence-electron chi connectivity index (χ2n) is 4.94. The Morgan fingerprint density at radius 2 is 2.00 bits per heavy atom. The van der Waals surface area contributed by atoms with Crippen molar-refractivity contribution in [3.8, 4) is 0 Å². The van der Waals surface area contributed by atoms with Gasteiger partial charge in [-0.15, -0.1) is 0 Å². The molecule has 118 valence electrons. The highest BCUT2D eigenvalue weighted by Crippen LogP contribution is 2.16. The Bertz CT molecular complexity index is 776. The SMILES string of the molecule is O=C(Nc1cccc(C2=NCCN2)c1)Nc1ccc(F)cc1F. The van der Waals surface area contributed by atoms with Crippen molar-refractivity contribution in [2.45, 2.75) is 0 Å². The number of carbonyl (C=O) groups is 1. The van der Waals surface area contributed by atoms with Gasteiger partial charge >= 0.3 is 6.03 Å². The average molecular weight is 316 g/mol. The van der Waals surface area contributed by atoms with Crippen LogP contribution < -0.4 is 16.0 Å². The van der Waals surface area contributed by atoms with E-state index in [1.165, 1.54) is 0 Å². The average Bonchev–Trinajstić information content (AvgIpc) is 3.05. The van der Waals surface area contributed by atoms with Gasteiger partial charge < -0.3 is 16.0 Å². The van der Waals surface area contributed by atoms with Crippen LogP contribution >= 0.6 is 0 Å². The predicted molar refractivity (Wildman–Crippen MR) is 84.8 cm³/mol. The number of urea groups is 1. The molecule has 0 spiro atoms. The van der Waals surface area contributed by atoms with Gasteiger partial charge in [0, 0.05) is 23.9 Å². The van der Waals surface area contributed by atoms with E-state index >= 15 is 0 Å². The summed E-state index contributed by atoms with van der Waals surface area (Å²) < 4.78 is 26.4. The van der Waals surface area contributed by atoms with Crippen LogP contribution in [0.15, 0.2) is 47.5 Å². The van der Waals surface area contributed by atoms with Crippen molar-refractivity contribution in [1.29, 1.82) is 0 Å². The molecular formula is C16H14F2N4O. The number of benzene rings is 2. The second kappa shape index (κ2) is 6.43. The zero-order valence-electron chi connectivity index (χ0n) is 12.1. The molecule has 0 atom stereocenters. The molecule has 0 unspecified atom stereocenters. The lowest BCUT2D eigenvalue weighted by Crippen LogP contribution is -2.22. The Morgan fingerprint density at radius 3 is 2.74 bits per heavy atom. The van der Waals surface area contributed by atoms with Crippen LogP contribution in [0.3, 0.4) is 0 Å². The minimum Gasteiger partial charge on any atom is -0.368 e. The van der Waals surface area contributed by atoms with Gasteiger partial charge in [-0.05, 0) is 24.3 Å². The van der Waals surface area contributed by atoms with Gasteiger partial charge in [0.1, 0.15) is 17.5 Å². The summed E-state index contributed by atoms with van der Waals surface area (Å²) in [6.45, 7) is 1.51. The van der Waals surface area contributed by atoms with Gasteiger partial charge in [0.05, 0.1) is 12.2 Å². The summed E-state index contributed by atoms with van der Waals surface area (Å²) in [5.41, 5.74) is 1.30. The smallest absolute Gasteiger partial charge is 0.323 e. The van der Waals surface area contributed by atoms with Crippen molar-refractivity contribution >= 4 is 23.2 Å². The van der Waals surface area contributed by atoms with Crippen LogP contribution in [-0.2, 0) is 0 Å². The zero-order chi connectivity index (χ0) is 16.2. The summed E-state index contributed by atoms with van der Waals surface area (Å²) in [5, 5.41) is 8.08. The summed E-state index contributed by atoms with van der Waals surface area (Å²) in [5.74, 6) is -0.761. The third-order valence-electron chi connectivity index (χ3n) is 3.25. The fourth-order valence-electron chi connectivity index (χ4n) is 2.21. The number of nitrogens with zero attached hydrogens (tertiary/aromatic N) is 1. The molecule has 0 fully saturated rings. The van der Waals surface area contributed by atoms with Crippen LogP contribution in [0.5, 0.6) is 0 Å². The first-order valence-corrected chi connectivity index (χ1v) is 7.03. The summed E-state index contributed by atoms with van der Waals surface area (Å²) in [7, 11) is 0. The van der Waals surface area contributed by atoms with Gasteiger partial charge in [-0.1, -0.05) is 12.1 Å². The first kappa shape index (κ1) is 15.0. The van der Waals surface area contributed by atoms with E-state index in [0.717, 1.165) is 36.6 Å². The number of amidine groups is 1. The van der Waals surface area contributed by atoms with Crippen LogP contribution in [0.1, 0.15) is 5.56 Å². The number of amides is 2. The third kappa shape index (κ3) is 3.63. The van der Waals surface area contributed by atoms with Crippen LogP contribution in [0.2, 0.25) is 0 Å². The number of aliphatic imine (C=N–C) groups is 1. The van der Waals surface area contributed by atoms with Crippen molar-refractivity contribution in [2.24, 2.45) is 4.99 Å². The van der Waals surface area contributed by atoms with Gasteiger partial charge in [0.2, 0.25) is 0 Å². The summed E-state index contributed by atoms with van der Waals surface area (Å²) >= 11 is 0. The summed E-state index contributed by atoms with van der Waals surface area (Å²) in [4.78, 5) is 16.2. The Hall–Kier alpha value is -2.96. The van der Waals surface area contributed by atoms with Crippen molar-refractivity contribution < 1.29 is 13.6 Å². The topological polar surface area (TPSA) is 65.5 Å². The van der Waals surface area contributed by atoms with Crippen molar-refractivity contribution in [3.05, 3.63) is 59.7 Å². The van der Waals surface area contributed by atoms with E-state index in [9.17, 15) is 13.6 Å². The molecule has 3 rings (SSSR count). The number of carbonyl (C=O) groups excluding carboxylic acids is 1. The van der Waals surface area contributed by atoms with Crippen molar-refractivity contribution in [2.75, 3.05) is 23.7 Å². The largest absolute Gasteiger partial charge is 0.368 e. The maximum Gasteiger partial charge on any atom is 0.323 e. The first-order chi connectivity index (χ1) is 11.1. The highest BCUT2D eigenvalue weighted by atomic mass is 19.1. The second-order valence-corrected chi connectivity index (χ2v) is 4.94. The standard InChI is InChI=1S/C16H14F2N4O/c17-11-4-5-14(13(18)9-11)22-16(23)21-12-3-1-2-10(8-12)15-19-6-7-20-15/h1-5,8-9H,6-7H2,(H,19,20)(H2,21,22,23). The predicted octanol–water partition coefficient (Wildman–Crippen LogP) is 2.96. The molecule has 1 heterocycles. The number of hydrogen-bond donors (Lipinski definition) is 3. The van der Waals surface area contributed by atoms with Gasteiger partial charge in [-0.25, -0.2) is 13.6 Å². The van der Waals surface area contributed by atoms with Gasteiger partial charge in [0.25, 0.3) is 0 Å². The molecule has 1 aliphatic rings. The molecule has 0 bridgehead atoms. The zero-order valence-corrected chi connectivity index (χ0v) is 12.1. The van der Waals surface area contributed by atoms with E-state index in [1.54, 1.807) is 18.2 Å². The molecular weight excluding hydrogens is 302 g/mol. The van der Waals surface area contributed by atoms with Crippen molar-refractivity contribution in [3.63, 3.8) is 0 Å². The Kier molecular flexibility index (Phi) is 4.18.